The second-order valence-electron chi connectivity index (χ2n) is 9.39. The van der Waals surface area contributed by atoms with Crippen LogP contribution in [-0.4, -0.2) is 81.6 Å². The molecule has 0 saturated heterocycles. The molecule has 0 bridgehead atoms. The van der Waals surface area contributed by atoms with Gasteiger partial charge < -0.3 is 20.4 Å². The molecule has 2 aliphatic rings. The van der Waals surface area contributed by atoms with E-state index in [2.05, 4.69) is 34.5 Å². The van der Waals surface area contributed by atoms with Crippen molar-refractivity contribution in [2.45, 2.75) is 84.3 Å². The Morgan fingerprint density at radius 3 is 2.55 bits per heavy atom. The lowest BCUT2D eigenvalue weighted by molar-refractivity contribution is -0.133. The number of nitrogens with zero attached hydrogens (tertiary/aromatic N) is 4. The zero-order valence-corrected chi connectivity index (χ0v) is 20.7. The van der Waals surface area contributed by atoms with Crippen LogP contribution in [0.3, 0.4) is 0 Å². The first-order chi connectivity index (χ1) is 15.8. The summed E-state index contributed by atoms with van der Waals surface area (Å²) in [6.07, 6.45) is 5.80. The average molecular weight is 461 g/mol. The van der Waals surface area contributed by atoms with Crippen LogP contribution in [0.4, 0.5) is 0 Å². The smallest absolute Gasteiger partial charge is 0.273 e. The first-order valence-corrected chi connectivity index (χ1v) is 12.5. The van der Waals surface area contributed by atoms with E-state index in [1.54, 1.807) is 11.0 Å². The van der Waals surface area contributed by atoms with Gasteiger partial charge in [0.2, 0.25) is 5.91 Å². The van der Waals surface area contributed by atoms with E-state index in [9.17, 15) is 14.4 Å². The molecule has 9 heteroatoms. The first-order valence-electron chi connectivity index (χ1n) is 12.5. The molecule has 3 amide bonds. The fourth-order valence-corrected chi connectivity index (χ4v) is 4.87. The number of aromatic nitrogens is 2. The van der Waals surface area contributed by atoms with Crippen LogP contribution in [0, 0.1) is 0 Å². The molecule has 0 radical (unpaired) electrons. The van der Waals surface area contributed by atoms with Crippen molar-refractivity contribution >= 4 is 17.7 Å². The van der Waals surface area contributed by atoms with Crippen LogP contribution in [0.5, 0.6) is 0 Å². The summed E-state index contributed by atoms with van der Waals surface area (Å²) < 4.78 is 1.54. The summed E-state index contributed by atoms with van der Waals surface area (Å²) in [6.45, 7) is 12.2. The molecule has 1 aromatic heterocycles. The van der Waals surface area contributed by atoms with Crippen LogP contribution in [-0.2, 0) is 11.3 Å². The molecule has 1 fully saturated rings. The quantitative estimate of drug-likeness (QED) is 0.492. The van der Waals surface area contributed by atoms with Crippen molar-refractivity contribution in [3.05, 3.63) is 17.5 Å². The summed E-state index contributed by atoms with van der Waals surface area (Å²) in [7, 11) is 0. The van der Waals surface area contributed by atoms with Crippen molar-refractivity contribution in [2.24, 2.45) is 0 Å². The monoisotopic (exact) mass is 460 g/mol. The van der Waals surface area contributed by atoms with E-state index in [-0.39, 0.29) is 36.0 Å². The fraction of sp³-hybridized carbons (Fsp3) is 0.750. The minimum Gasteiger partial charge on any atom is -0.351 e. The highest BCUT2D eigenvalue weighted by Gasteiger charge is 2.48. The molecule has 1 aromatic rings. The van der Waals surface area contributed by atoms with Crippen molar-refractivity contribution < 1.29 is 14.4 Å². The van der Waals surface area contributed by atoms with Crippen molar-refractivity contribution in [1.82, 2.24) is 30.2 Å². The molecule has 1 aliphatic heterocycles. The summed E-state index contributed by atoms with van der Waals surface area (Å²) >= 11 is 0. The lowest BCUT2D eigenvalue weighted by Crippen LogP contribution is -2.65. The summed E-state index contributed by atoms with van der Waals surface area (Å²) in [6, 6.07) is 1.73. The first kappa shape index (κ1) is 25.2. The fourth-order valence-electron chi connectivity index (χ4n) is 4.87. The highest BCUT2D eigenvalue weighted by atomic mass is 16.2. The Hall–Kier alpha value is -2.42. The molecule has 0 spiro atoms. The third-order valence-corrected chi connectivity index (χ3v) is 6.99. The topological polar surface area (TPSA) is 99.6 Å². The van der Waals surface area contributed by atoms with Crippen molar-refractivity contribution in [3.8, 4) is 0 Å². The normalized spacial score (nSPS) is 20.9. The summed E-state index contributed by atoms with van der Waals surface area (Å²) in [5.74, 6) is -0.677. The standard InChI is InChI=1S/C24H40N6O3/c1-5-14-29-22(32)20-16-19(21(31)25-13-10-15-28(6-2)7-3)27-30(20)17-24(29,4)23(33)26-18-11-8-9-12-18/h16,18H,5-15,17H2,1-4H3,(H,25,31)(H,26,33)/t24-/m0/s1. The minimum absolute atomic E-state index is 0.139. The Morgan fingerprint density at radius 2 is 1.91 bits per heavy atom. The van der Waals surface area contributed by atoms with E-state index in [4.69, 9.17) is 0 Å². The van der Waals surface area contributed by atoms with Gasteiger partial charge in [0.05, 0.1) is 6.54 Å². The van der Waals surface area contributed by atoms with Gasteiger partial charge in [-0.15, -0.1) is 0 Å². The van der Waals surface area contributed by atoms with Gasteiger partial charge in [-0.1, -0.05) is 33.6 Å². The number of carbonyl (C=O) groups excluding carboxylic acids is 3. The van der Waals surface area contributed by atoms with E-state index in [0.717, 1.165) is 58.2 Å². The Labute approximate surface area is 197 Å². The lowest BCUT2D eigenvalue weighted by atomic mass is 9.94. The molecule has 184 valence electrons. The van der Waals surface area contributed by atoms with Gasteiger partial charge in [0, 0.05) is 25.2 Å². The maximum absolute atomic E-state index is 13.3. The van der Waals surface area contributed by atoms with Gasteiger partial charge in [0.15, 0.2) is 5.69 Å². The van der Waals surface area contributed by atoms with Crippen LogP contribution >= 0.6 is 0 Å². The molecule has 1 atom stereocenters. The summed E-state index contributed by atoms with van der Waals surface area (Å²) in [5, 5.41) is 10.5. The molecular weight excluding hydrogens is 420 g/mol. The zero-order chi connectivity index (χ0) is 24.0. The third-order valence-electron chi connectivity index (χ3n) is 6.99. The molecule has 0 aromatic carbocycles. The van der Waals surface area contributed by atoms with Crippen LogP contribution < -0.4 is 10.6 Å². The number of hydrogen-bond donors (Lipinski definition) is 2. The van der Waals surface area contributed by atoms with Crippen molar-refractivity contribution in [3.63, 3.8) is 0 Å². The van der Waals surface area contributed by atoms with Crippen LogP contribution in [0.1, 0.15) is 87.2 Å². The Balaban J connectivity index is 1.71. The minimum atomic E-state index is -1.04. The maximum atomic E-state index is 13.3. The van der Waals surface area contributed by atoms with Crippen molar-refractivity contribution in [2.75, 3.05) is 32.7 Å². The number of rotatable bonds is 11. The molecule has 0 unspecified atom stereocenters. The number of amides is 3. The molecule has 2 heterocycles. The zero-order valence-electron chi connectivity index (χ0n) is 20.7. The predicted octanol–water partition coefficient (Wildman–Crippen LogP) is 2.03. The highest BCUT2D eigenvalue weighted by Crippen LogP contribution is 2.29. The molecule has 2 N–H and O–H groups in total. The van der Waals surface area contributed by atoms with E-state index in [1.807, 2.05) is 13.8 Å². The predicted molar refractivity (Wildman–Crippen MR) is 127 cm³/mol. The number of hydrogen-bond acceptors (Lipinski definition) is 5. The van der Waals surface area contributed by atoms with Gasteiger partial charge in [-0.2, -0.15) is 5.10 Å². The second kappa shape index (κ2) is 11.1. The van der Waals surface area contributed by atoms with E-state index >= 15 is 0 Å². The van der Waals surface area contributed by atoms with Crippen LogP contribution in [0.2, 0.25) is 0 Å². The number of fused-ring (bicyclic) bond motifs is 1. The Bertz CT molecular complexity index is 843. The highest BCUT2D eigenvalue weighted by molar-refractivity contribution is 6.01. The summed E-state index contributed by atoms with van der Waals surface area (Å²) in [4.78, 5) is 43.3. The Morgan fingerprint density at radius 1 is 1.21 bits per heavy atom. The van der Waals surface area contributed by atoms with E-state index in [0.29, 0.717) is 18.8 Å². The molecular formula is C24H40N6O3. The van der Waals surface area contributed by atoms with Gasteiger partial charge >= 0.3 is 0 Å². The molecule has 33 heavy (non-hydrogen) atoms. The van der Waals surface area contributed by atoms with Crippen LogP contribution in [0.15, 0.2) is 6.07 Å². The maximum Gasteiger partial charge on any atom is 0.273 e. The summed E-state index contributed by atoms with van der Waals surface area (Å²) in [5.41, 5.74) is -0.451. The largest absolute Gasteiger partial charge is 0.351 e. The third kappa shape index (κ3) is 5.57. The van der Waals surface area contributed by atoms with E-state index in [1.165, 1.54) is 4.68 Å². The average Bonchev–Trinajstić information content (AvgIpc) is 3.46. The molecule has 1 aliphatic carbocycles. The molecule has 9 nitrogen and oxygen atoms in total. The van der Waals surface area contributed by atoms with Gasteiger partial charge in [0.1, 0.15) is 11.2 Å². The molecule has 3 rings (SSSR count). The number of nitrogens with one attached hydrogen (secondary N) is 2. The van der Waals surface area contributed by atoms with Crippen LogP contribution in [0.25, 0.3) is 0 Å². The SMILES string of the molecule is CCCN1C(=O)c2cc(C(=O)NCCCN(CC)CC)nn2C[C@@]1(C)C(=O)NC1CCCC1. The van der Waals surface area contributed by atoms with Gasteiger partial charge in [-0.3, -0.25) is 19.1 Å². The molecule has 1 saturated carbocycles. The van der Waals surface area contributed by atoms with E-state index < -0.39 is 5.54 Å². The van der Waals surface area contributed by atoms with Crippen molar-refractivity contribution in [1.29, 1.82) is 0 Å². The van der Waals surface area contributed by atoms with Gasteiger partial charge in [-0.25, -0.2) is 0 Å². The van der Waals surface area contributed by atoms with Gasteiger partial charge in [-0.05, 0) is 52.2 Å². The van der Waals surface area contributed by atoms with Gasteiger partial charge in [0.25, 0.3) is 11.8 Å². The number of carbonyl (C=O) groups is 3. The second-order valence-corrected chi connectivity index (χ2v) is 9.39. The lowest BCUT2D eigenvalue weighted by Gasteiger charge is -2.43. The Kier molecular flexibility index (Phi) is 8.51.